The molecule has 0 unspecified atom stereocenters. The molecule has 0 bridgehead atoms. The summed E-state index contributed by atoms with van der Waals surface area (Å²) in [4.78, 5) is 28.0. The van der Waals surface area contributed by atoms with Gasteiger partial charge in [0.05, 0.1) is 0 Å². The van der Waals surface area contributed by atoms with Crippen LogP contribution in [0.4, 0.5) is 11.4 Å². The van der Waals surface area contributed by atoms with Crippen LogP contribution in [0.2, 0.25) is 0 Å². The predicted molar refractivity (Wildman–Crippen MR) is 101 cm³/mol. The number of amides is 2. The van der Waals surface area contributed by atoms with Crippen LogP contribution in [0, 0.1) is 6.92 Å². The number of likely N-dealkylation sites (N-methyl/N-ethyl adjacent to an activating group) is 1. The van der Waals surface area contributed by atoms with E-state index in [1.54, 1.807) is 4.90 Å². The number of hydrogen-bond acceptors (Lipinski definition) is 2. The number of rotatable bonds is 5. The molecule has 0 atom stereocenters. The standard InChI is InChI=1S/C19H21BrN2O2/c1-4-21(18-7-5-6-14(2)12-18)19(24)13-22(15(3)23)17-10-8-16(20)9-11-17/h5-12H,4,13H2,1-3H3. The van der Waals surface area contributed by atoms with E-state index >= 15 is 0 Å². The lowest BCUT2D eigenvalue weighted by atomic mass is 10.2. The molecule has 5 heteroatoms. The summed E-state index contributed by atoms with van der Waals surface area (Å²) >= 11 is 3.38. The molecule has 0 saturated heterocycles. The van der Waals surface area contributed by atoms with Crippen LogP contribution in [0.3, 0.4) is 0 Å². The second kappa shape index (κ2) is 8.11. The molecule has 0 aromatic heterocycles. The van der Waals surface area contributed by atoms with E-state index in [-0.39, 0.29) is 18.4 Å². The lowest BCUT2D eigenvalue weighted by Crippen LogP contribution is -2.42. The molecule has 0 radical (unpaired) electrons. The summed E-state index contributed by atoms with van der Waals surface area (Å²) in [6.45, 7) is 5.95. The maximum atomic E-state index is 12.8. The first-order valence-corrected chi connectivity index (χ1v) is 8.62. The Bertz CT molecular complexity index is 728. The van der Waals surface area contributed by atoms with Crippen LogP contribution in [0.25, 0.3) is 0 Å². The Kier molecular flexibility index (Phi) is 6.15. The minimum Gasteiger partial charge on any atom is -0.311 e. The van der Waals surface area contributed by atoms with Crippen molar-refractivity contribution in [2.45, 2.75) is 20.8 Å². The van der Waals surface area contributed by atoms with Crippen molar-refractivity contribution in [2.24, 2.45) is 0 Å². The SMILES string of the molecule is CCN(C(=O)CN(C(C)=O)c1ccc(Br)cc1)c1cccc(C)c1. The van der Waals surface area contributed by atoms with Gasteiger partial charge in [0.1, 0.15) is 6.54 Å². The van der Waals surface area contributed by atoms with Crippen molar-refractivity contribution < 1.29 is 9.59 Å². The molecule has 2 aromatic carbocycles. The summed E-state index contributed by atoms with van der Waals surface area (Å²) in [6, 6.07) is 15.2. The van der Waals surface area contributed by atoms with Crippen LogP contribution < -0.4 is 9.80 Å². The number of anilines is 2. The number of carbonyl (C=O) groups excluding carboxylic acids is 2. The van der Waals surface area contributed by atoms with Crippen LogP contribution >= 0.6 is 15.9 Å². The Morgan fingerprint density at radius 2 is 1.67 bits per heavy atom. The van der Waals surface area contributed by atoms with Crippen molar-refractivity contribution in [3.05, 3.63) is 58.6 Å². The van der Waals surface area contributed by atoms with E-state index in [9.17, 15) is 9.59 Å². The first-order valence-electron chi connectivity index (χ1n) is 7.83. The van der Waals surface area contributed by atoms with Crippen LogP contribution in [0.1, 0.15) is 19.4 Å². The molecule has 0 aliphatic rings. The van der Waals surface area contributed by atoms with Gasteiger partial charge in [-0.1, -0.05) is 28.1 Å². The van der Waals surface area contributed by atoms with Gasteiger partial charge >= 0.3 is 0 Å². The van der Waals surface area contributed by atoms with Crippen molar-refractivity contribution in [3.8, 4) is 0 Å². The molecule has 0 spiro atoms. The summed E-state index contributed by atoms with van der Waals surface area (Å²) in [6.07, 6.45) is 0. The Labute approximate surface area is 151 Å². The molecule has 2 amide bonds. The topological polar surface area (TPSA) is 40.6 Å². The van der Waals surface area contributed by atoms with E-state index in [0.29, 0.717) is 12.2 Å². The third-order valence-electron chi connectivity index (χ3n) is 3.74. The highest BCUT2D eigenvalue weighted by Gasteiger charge is 2.20. The highest BCUT2D eigenvalue weighted by atomic mass is 79.9. The zero-order valence-electron chi connectivity index (χ0n) is 14.1. The second-order valence-corrected chi connectivity index (χ2v) is 6.47. The maximum Gasteiger partial charge on any atom is 0.247 e. The maximum absolute atomic E-state index is 12.8. The molecule has 0 aliphatic carbocycles. The monoisotopic (exact) mass is 388 g/mol. The van der Waals surface area contributed by atoms with Crippen molar-refractivity contribution in [2.75, 3.05) is 22.9 Å². The smallest absolute Gasteiger partial charge is 0.247 e. The first-order chi connectivity index (χ1) is 11.4. The van der Waals surface area contributed by atoms with E-state index < -0.39 is 0 Å². The molecular formula is C19H21BrN2O2. The lowest BCUT2D eigenvalue weighted by molar-refractivity contribution is -0.121. The van der Waals surface area contributed by atoms with E-state index in [1.165, 1.54) is 11.8 Å². The molecule has 24 heavy (non-hydrogen) atoms. The lowest BCUT2D eigenvalue weighted by Gasteiger charge is -2.26. The summed E-state index contributed by atoms with van der Waals surface area (Å²) in [7, 11) is 0. The fourth-order valence-electron chi connectivity index (χ4n) is 2.52. The zero-order chi connectivity index (χ0) is 17.7. The largest absolute Gasteiger partial charge is 0.311 e. The Hall–Kier alpha value is -2.14. The van der Waals surface area contributed by atoms with Gasteiger partial charge in [-0.05, 0) is 55.8 Å². The quantitative estimate of drug-likeness (QED) is 0.771. The average Bonchev–Trinajstić information content (AvgIpc) is 2.54. The highest BCUT2D eigenvalue weighted by molar-refractivity contribution is 9.10. The van der Waals surface area contributed by atoms with Gasteiger partial charge in [0, 0.05) is 29.3 Å². The molecule has 0 saturated carbocycles. The van der Waals surface area contributed by atoms with Crippen LogP contribution in [-0.4, -0.2) is 24.9 Å². The molecule has 2 aromatic rings. The number of halogens is 1. The van der Waals surface area contributed by atoms with E-state index in [4.69, 9.17) is 0 Å². The number of nitrogens with zero attached hydrogens (tertiary/aromatic N) is 2. The van der Waals surface area contributed by atoms with Crippen molar-refractivity contribution >= 4 is 39.1 Å². The predicted octanol–water partition coefficient (Wildman–Crippen LogP) is 4.16. The molecule has 126 valence electrons. The minimum atomic E-state index is -0.161. The molecular weight excluding hydrogens is 368 g/mol. The summed E-state index contributed by atoms with van der Waals surface area (Å²) in [5.74, 6) is -0.271. The molecule has 0 N–H and O–H groups in total. The second-order valence-electron chi connectivity index (χ2n) is 5.56. The van der Waals surface area contributed by atoms with E-state index in [0.717, 1.165) is 15.7 Å². The van der Waals surface area contributed by atoms with Crippen molar-refractivity contribution in [3.63, 3.8) is 0 Å². The number of benzene rings is 2. The molecule has 4 nitrogen and oxygen atoms in total. The molecule has 0 fully saturated rings. The van der Waals surface area contributed by atoms with E-state index in [1.807, 2.05) is 62.4 Å². The van der Waals surface area contributed by atoms with Gasteiger partial charge in [-0.3, -0.25) is 9.59 Å². The molecule has 2 rings (SSSR count). The Balaban J connectivity index is 2.23. The highest BCUT2D eigenvalue weighted by Crippen LogP contribution is 2.20. The van der Waals surface area contributed by atoms with Crippen LogP contribution in [0.5, 0.6) is 0 Å². The first kappa shape index (κ1) is 18.2. The fraction of sp³-hybridized carbons (Fsp3) is 0.263. The van der Waals surface area contributed by atoms with Crippen LogP contribution in [0.15, 0.2) is 53.0 Å². The number of aryl methyl sites for hydroxylation is 1. The average molecular weight is 389 g/mol. The van der Waals surface area contributed by atoms with E-state index in [2.05, 4.69) is 15.9 Å². The summed E-state index contributed by atoms with van der Waals surface area (Å²) in [5.41, 5.74) is 2.65. The fourth-order valence-corrected chi connectivity index (χ4v) is 2.79. The number of hydrogen-bond donors (Lipinski definition) is 0. The van der Waals surface area contributed by atoms with Gasteiger partial charge in [0.2, 0.25) is 11.8 Å². The van der Waals surface area contributed by atoms with Gasteiger partial charge in [-0.15, -0.1) is 0 Å². The zero-order valence-corrected chi connectivity index (χ0v) is 15.7. The third-order valence-corrected chi connectivity index (χ3v) is 4.27. The number of carbonyl (C=O) groups is 2. The van der Waals surface area contributed by atoms with Gasteiger partial charge in [-0.25, -0.2) is 0 Å². The molecule has 0 aliphatic heterocycles. The van der Waals surface area contributed by atoms with Gasteiger partial charge in [0.25, 0.3) is 0 Å². The third kappa shape index (κ3) is 4.45. The summed E-state index contributed by atoms with van der Waals surface area (Å²) < 4.78 is 0.927. The normalized spacial score (nSPS) is 10.3. The Morgan fingerprint density at radius 1 is 1.00 bits per heavy atom. The van der Waals surface area contributed by atoms with Crippen molar-refractivity contribution in [1.29, 1.82) is 0 Å². The van der Waals surface area contributed by atoms with Gasteiger partial charge in [-0.2, -0.15) is 0 Å². The van der Waals surface area contributed by atoms with Gasteiger partial charge in [0.15, 0.2) is 0 Å². The van der Waals surface area contributed by atoms with Gasteiger partial charge < -0.3 is 9.80 Å². The van der Waals surface area contributed by atoms with Crippen LogP contribution in [-0.2, 0) is 9.59 Å². The molecule has 0 heterocycles. The Morgan fingerprint density at radius 3 is 2.21 bits per heavy atom. The minimum absolute atomic E-state index is 0.0126. The van der Waals surface area contributed by atoms with Crippen molar-refractivity contribution in [1.82, 2.24) is 0 Å². The summed E-state index contributed by atoms with van der Waals surface area (Å²) in [5, 5.41) is 0.